The second-order valence-corrected chi connectivity index (χ2v) is 12.0. The molecule has 2 heterocycles. The highest BCUT2D eigenvalue weighted by atomic mass is 123. The highest BCUT2D eigenvalue weighted by Crippen LogP contribution is 2.34. The summed E-state index contributed by atoms with van der Waals surface area (Å²) in [7, 11) is -3.86. The van der Waals surface area contributed by atoms with Gasteiger partial charge in [0.2, 0.25) is 10.0 Å². The number of fused-ring (bicyclic) bond motifs is 1. The monoisotopic (exact) mass is 612 g/mol. The van der Waals surface area contributed by atoms with Gasteiger partial charge in [-0.1, -0.05) is 30.3 Å². The molecular weight excluding hydrogens is 587 g/mol. The van der Waals surface area contributed by atoms with Gasteiger partial charge in [0.15, 0.2) is 0 Å². The molecule has 0 unspecified atom stereocenters. The molecule has 0 bridgehead atoms. The quantitative estimate of drug-likeness (QED) is 0.280. The van der Waals surface area contributed by atoms with Gasteiger partial charge in [-0.2, -0.15) is 4.31 Å². The van der Waals surface area contributed by atoms with Crippen LogP contribution in [0.5, 0.6) is 5.75 Å². The van der Waals surface area contributed by atoms with Gasteiger partial charge in [0.25, 0.3) is 11.7 Å². The van der Waals surface area contributed by atoms with Gasteiger partial charge < -0.3 is 9.64 Å². The number of hydrogen-bond donors (Lipinski definition) is 0. The van der Waals surface area contributed by atoms with Gasteiger partial charge in [-0.05, 0) is 89.9 Å². The molecule has 36 heavy (non-hydrogen) atoms. The number of amides is 1. The van der Waals surface area contributed by atoms with Crippen LogP contribution < -0.4 is 9.64 Å². The number of carbonyl (C=O) groups is 2. The predicted molar refractivity (Wildman–Crippen MR) is 145 cm³/mol. The van der Waals surface area contributed by atoms with E-state index >= 15 is 0 Å². The summed E-state index contributed by atoms with van der Waals surface area (Å²) in [6.07, 6.45) is 2.02. The van der Waals surface area contributed by atoms with Gasteiger partial charge in [-0.3, -0.25) is 9.59 Å². The summed E-state index contributed by atoms with van der Waals surface area (Å²) in [6.45, 7) is 0.977. The van der Waals surface area contributed by atoms with Crippen LogP contribution in [0.3, 0.4) is 0 Å². The molecule has 0 spiro atoms. The number of sulfonamides is 1. The molecular formula is C27H25IN2O5S. The van der Waals surface area contributed by atoms with Gasteiger partial charge in [0.05, 0.1) is 22.2 Å². The van der Waals surface area contributed by atoms with E-state index in [1.165, 1.54) is 21.3 Å². The Labute approximate surface area is 224 Å². The minimum absolute atomic E-state index is 0.0218. The molecule has 1 atom stereocenters. The van der Waals surface area contributed by atoms with Crippen LogP contribution in [0, 0.1) is 3.57 Å². The largest absolute Gasteiger partial charge is 0.492 e. The van der Waals surface area contributed by atoms with E-state index in [0.29, 0.717) is 37.4 Å². The summed E-state index contributed by atoms with van der Waals surface area (Å²) in [5, 5.41) is 0. The number of anilines is 1. The van der Waals surface area contributed by atoms with Crippen LogP contribution in [0.1, 0.15) is 28.8 Å². The number of carbonyl (C=O) groups excluding carboxylic acids is 2. The first kappa shape index (κ1) is 24.9. The number of rotatable bonds is 8. The Hall–Kier alpha value is -2.76. The maximum atomic E-state index is 13.5. The minimum atomic E-state index is -3.86. The first-order valence-electron chi connectivity index (χ1n) is 11.8. The van der Waals surface area contributed by atoms with Crippen molar-refractivity contribution < 1.29 is 22.7 Å². The van der Waals surface area contributed by atoms with Crippen LogP contribution in [0.2, 0.25) is 0 Å². The zero-order chi connectivity index (χ0) is 25.3. The fourth-order valence-electron chi connectivity index (χ4n) is 4.69. The molecule has 0 aliphatic carbocycles. The summed E-state index contributed by atoms with van der Waals surface area (Å²) in [6, 6.07) is 21.4. The van der Waals surface area contributed by atoms with Gasteiger partial charge in [-0.25, -0.2) is 8.42 Å². The predicted octanol–water partition coefficient (Wildman–Crippen LogP) is 4.30. The number of ketones is 1. The van der Waals surface area contributed by atoms with Crippen molar-refractivity contribution in [2.75, 3.05) is 24.6 Å². The highest BCUT2D eigenvalue weighted by molar-refractivity contribution is 14.1. The van der Waals surface area contributed by atoms with Gasteiger partial charge in [-0.15, -0.1) is 0 Å². The number of benzene rings is 3. The fraction of sp³-hybridized carbons (Fsp3) is 0.259. The topological polar surface area (TPSA) is 84.0 Å². The van der Waals surface area contributed by atoms with Crippen LogP contribution in [0.15, 0.2) is 77.7 Å². The molecule has 5 rings (SSSR count). The third-order valence-electron chi connectivity index (χ3n) is 6.60. The molecule has 1 fully saturated rings. The van der Waals surface area contributed by atoms with Crippen molar-refractivity contribution in [3.63, 3.8) is 0 Å². The van der Waals surface area contributed by atoms with Crippen LogP contribution in [-0.2, 0) is 21.2 Å². The van der Waals surface area contributed by atoms with Gasteiger partial charge in [0.1, 0.15) is 12.4 Å². The minimum Gasteiger partial charge on any atom is -0.492 e. The molecule has 0 saturated carbocycles. The number of hydrogen-bond acceptors (Lipinski definition) is 5. The summed E-state index contributed by atoms with van der Waals surface area (Å²) in [4.78, 5) is 27.0. The second kappa shape index (κ2) is 10.3. The van der Waals surface area contributed by atoms with E-state index in [9.17, 15) is 18.0 Å². The van der Waals surface area contributed by atoms with E-state index in [-0.39, 0.29) is 23.1 Å². The molecule has 0 N–H and O–H groups in total. The summed E-state index contributed by atoms with van der Waals surface area (Å²) >= 11 is 2.23. The molecule has 3 aromatic carbocycles. The van der Waals surface area contributed by atoms with E-state index in [0.717, 1.165) is 15.6 Å². The SMILES string of the molecule is O=C1C(=O)N(CCc2ccc([123I])cc2)c2ccc(S(=O)(=O)N3CCC[C@H]3COc3ccccc3)cc21. The average molecular weight is 612 g/mol. The molecule has 0 aromatic heterocycles. The Morgan fingerprint density at radius 3 is 2.47 bits per heavy atom. The summed E-state index contributed by atoms with van der Waals surface area (Å²) in [5.41, 5.74) is 1.65. The molecule has 2 aliphatic rings. The zero-order valence-corrected chi connectivity index (χ0v) is 22.4. The first-order chi connectivity index (χ1) is 17.3. The number of nitrogens with zero attached hydrogens (tertiary/aromatic N) is 2. The Morgan fingerprint density at radius 2 is 1.72 bits per heavy atom. The van der Waals surface area contributed by atoms with Crippen LogP contribution in [0.25, 0.3) is 0 Å². The number of ether oxygens (including phenoxy) is 1. The zero-order valence-electron chi connectivity index (χ0n) is 19.5. The second-order valence-electron chi connectivity index (χ2n) is 8.88. The van der Waals surface area contributed by atoms with Crippen molar-refractivity contribution in [3.8, 4) is 5.75 Å². The van der Waals surface area contributed by atoms with Gasteiger partial charge in [0, 0.05) is 16.7 Å². The van der Waals surface area contributed by atoms with Crippen molar-refractivity contribution in [1.82, 2.24) is 4.31 Å². The number of para-hydroxylation sites is 1. The van der Waals surface area contributed by atoms with Crippen LogP contribution >= 0.6 is 22.6 Å². The van der Waals surface area contributed by atoms with Crippen molar-refractivity contribution in [2.24, 2.45) is 0 Å². The van der Waals surface area contributed by atoms with E-state index in [1.54, 1.807) is 6.07 Å². The number of Topliss-reactive ketones (excluding diaryl/α,β-unsaturated/α-hetero) is 1. The first-order valence-corrected chi connectivity index (χ1v) is 14.3. The summed E-state index contributed by atoms with van der Waals surface area (Å²) in [5.74, 6) is -0.607. The Bertz CT molecular complexity index is 1390. The van der Waals surface area contributed by atoms with E-state index in [4.69, 9.17) is 4.74 Å². The molecule has 1 saturated heterocycles. The van der Waals surface area contributed by atoms with Crippen molar-refractivity contribution >= 4 is 50.0 Å². The van der Waals surface area contributed by atoms with Crippen molar-refractivity contribution in [3.05, 3.63) is 87.5 Å². The van der Waals surface area contributed by atoms with E-state index < -0.39 is 21.7 Å². The molecule has 0 radical (unpaired) electrons. The smallest absolute Gasteiger partial charge is 0.299 e. The maximum Gasteiger partial charge on any atom is 0.299 e. The Kier molecular flexibility index (Phi) is 7.14. The lowest BCUT2D eigenvalue weighted by molar-refractivity contribution is -0.114. The average Bonchev–Trinajstić information content (AvgIpc) is 3.46. The molecule has 9 heteroatoms. The standard InChI is InChI=1S/C27H25IN2O5S/c28-20-10-8-19(9-11-20)14-16-29-25-13-12-23(17-24(25)26(31)27(29)32)36(33,34)30-15-4-5-21(30)18-35-22-6-2-1-3-7-22/h1-3,6-13,17,21H,4-5,14-16,18H2/t21-/m0/s1/i28-4. The molecule has 2 aliphatic heterocycles. The molecule has 1 amide bonds. The normalized spacial score (nSPS) is 18.0. The molecule has 3 aromatic rings. The third kappa shape index (κ3) is 4.91. The summed E-state index contributed by atoms with van der Waals surface area (Å²) < 4.78 is 35.4. The number of halogens is 1. The lowest BCUT2D eigenvalue weighted by Crippen LogP contribution is -2.39. The highest BCUT2D eigenvalue weighted by Gasteiger charge is 2.39. The Balaban J connectivity index is 1.34. The lowest BCUT2D eigenvalue weighted by atomic mass is 10.1. The molecule has 7 nitrogen and oxygen atoms in total. The van der Waals surface area contributed by atoms with Crippen LogP contribution in [-0.4, -0.2) is 50.2 Å². The third-order valence-corrected chi connectivity index (χ3v) is 9.26. The molecule has 186 valence electrons. The lowest BCUT2D eigenvalue weighted by Gasteiger charge is -2.24. The van der Waals surface area contributed by atoms with E-state index in [1.807, 2.05) is 54.6 Å². The fourth-order valence-corrected chi connectivity index (χ4v) is 6.76. The van der Waals surface area contributed by atoms with Gasteiger partial charge >= 0.3 is 0 Å². The Morgan fingerprint density at radius 1 is 0.972 bits per heavy atom. The maximum absolute atomic E-state index is 13.5. The van der Waals surface area contributed by atoms with Crippen molar-refractivity contribution in [2.45, 2.75) is 30.2 Å². The van der Waals surface area contributed by atoms with Crippen molar-refractivity contribution in [1.29, 1.82) is 0 Å². The van der Waals surface area contributed by atoms with E-state index in [2.05, 4.69) is 22.6 Å². The van der Waals surface area contributed by atoms with Crippen LogP contribution in [0.4, 0.5) is 5.69 Å².